The van der Waals surface area contributed by atoms with Gasteiger partial charge in [-0.05, 0) is 45.8 Å². The van der Waals surface area contributed by atoms with Crippen LogP contribution >= 0.6 is 0 Å². The van der Waals surface area contributed by atoms with E-state index in [0.29, 0.717) is 11.8 Å². The summed E-state index contributed by atoms with van der Waals surface area (Å²) in [5, 5.41) is 14.1. The molecule has 0 unspecified atom stereocenters. The van der Waals surface area contributed by atoms with Crippen LogP contribution in [0.4, 0.5) is 0 Å². The van der Waals surface area contributed by atoms with E-state index in [9.17, 15) is 9.90 Å². The van der Waals surface area contributed by atoms with Gasteiger partial charge in [0.1, 0.15) is 5.75 Å². The first kappa shape index (κ1) is 15.0. The Bertz CT molecular complexity index is 1120. The van der Waals surface area contributed by atoms with Crippen molar-refractivity contribution in [1.29, 1.82) is 0 Å². The lowest BCUT2D eigenvalue weighted by molar-refractivity contribution is 0.112. The fraction of sp³-hybridized carbons (Fsp3) is 0. The standard InChI is InChI=1S/C23H14O2/c24-15-19-13-16(10-12-23(19)25)9-11-22-20-7-3-1-5-17(20)14-18-6-2-4-8-21(18)22/h1-8,10,12-15,25H. The van der Waals surface area contributed by atoms with E-state index in [4.69, 9.17) is 0 Å². The van der Waals surface area contributed by atoms with Gasteiger partial charge in [-0.2, -0.15) is 0 Å². The topological polar surface area (TPSA) is 37.3 Å². The zero-order chi connectivity index (χ0) is 17.2. The number of phenolic OH excluding ortho intramolecular Hbond substituents is 1. The molecule has 0 atom stereocenters. The molecule has 1 N–H and O–H groups in total. The number of phenols is 1. The molecule has 2 heteroatoms. The van der Waals surface area contributed by atoms with Crippen LogP contribution in [0.25, 0.3) is 21.5 Å². The molecule has 0 spiro atoms. The van der Waals surface area contributed by atoms with E-state index in [1.54, 1.807) is 12.1 Å². The molecule has 4 aromatic carbocycles. The molecule has 0 heterocycles. The summed E-state index contributed by atoms with van der Waals surface area (Å²) < 4.78 is 0. The predicted molar refractivity (Wildman–Crippen MR) is 101 cm³/mol. The van der Waals surface area contributed by atoms with Crippen molar-refractivity contribution in [2.24, 2.45) is 0 Å². The van der Waals surface area contributed by atoms with Gasteiger partial charge in [0.25, 0.3) is 0 Å². The maximum atomic E-state index is 11.0. The zero-order valence-electron chi connectivity index (χ0n) is 13.4. The van der Waals surface area contributed by atoms with E-state index < -0.39 is 0 Å². The zero-order valence-corrected chi connectivity index (χ0v) is 13.4. The summed E-state index contributed by atoms with van der Waals surface area (Å²) in [7, 11) is 0. The lowest BCUT2D eigenvalue weighted by Crippen LogP contribution is -1.86. The number of fused-ring (bicyclic) bond motifs is 2. The Morgan fingerprint density at radius 3 is 2.04 bits per heavy atom. The van der Waals surface area contributed by atoms with Gasteiger partial charge < -0.3 is 5.11 Å². The molecule has 0 amide bonds. The van der Waals surface area contributed by atoms with E-state index in [2.05, 4.69) is 42.2 Å². The summed E-state index contributed by atoms with van der Waals surface area (Å²) in [5.74, 6) is 6.37. The Labute approximate surface area is 145 Å². The van der Waals surface area contributed by atoms with Crippen LogP contribution in [0.3, 0.4) is 0 Å². The first-order valence-electron chi connectivity index (χ1n) is 7.97. The first-order chi connectivity index (χ1) is 12.3. The van der Waals surface area contributed by atoms with Gasteiger partial charge in [-0.1, -0.05) is 60.4 Å². The molecule has 0 saturated carbocycles. The molecule has 0 radical (unpaired) electrons. The van der Waals surface area contributed by atoms with Gasteiger partial charge >= 0.3 is 0 Å². The van der Waals surface area contributed by atoms with E-state index in [1.165, 1.54) is 6.07 Å². The Balaban J connectivity index is 1.96. The minimum Gasteiger partial charge on any atom is -0.507 e. The van der Waals surface area contributed by atoms with Gasteiger partial charge in [-0.25, -0.2) is 0 Å². The number of carbonyl (C=O) groups is 1. The van der Waals surface area contributed by atoms with E-state index in [-0.39, 0.29) is 11.3 Å². The molecular weight excluding hydrogens is 308 g/mol. The van der Waals surface area contributed by atoms with Crippen LogP contribution in [0.2, 0.25) is 0 Å². The molecule has 0 aliphatic rings. The van der Waals surface area contributed by atoms with Crippen molar-refractivity contribution in [3.8, 4) is 17.6 Å². The average Bonchev–Trinajstić information content (AvgIpc) is 2.66. The highest BCUT2D eigenvalue weighted by atomic mass is 16.3. The maximum absolute atomic E-state index is 11.0. The summed E-state index contributed by atoms with van der Waals surface area (Å²) in [6.07, 6.45) is 0.633. The van der Waals surface area contributed by atoms with Gasteiger partial charge in [-0.15, -0.1) is 0 Å². The van der Waals surface area contributed by atoms with Crippen LogP contribution in [0.1, 0.15) is 21.5 Å². The molecular formula is C23H14O2. The smallest absolute Gasteiger partial charge is 0.153 e. The summed E-state index contributed by atoms with van der Waals surface area (Å²) in [5.41, 5.74) is 1.90. The largest absolute Gasteiger partial charge is 0.507 e. The molecule has 0 saturated heterocycles. The normalized spacial score (nSPS) is 10.4. The van der Waals surface area contributed by atoms with Gasteiger partial charge in [-0.3, -0.25) is 4.79 Å². The van der Waals surface area contributed by atoms with Crippen molar-refractivity contribution in [2.75, 3.05) is 0 Å². The fourth-order valence-electron chi connectivity index (χ4n) is 3.01. The molecule has 0 aliphatic heterocycles. The molecule has 4 rings (SSSR count). The average molecular weight is 322 g/mol. The van der Waals surface area contributed by atoms with Crippen molar-refractivity contribution in [3.63, 3.8) is 0 Å². The maximum Gasteiger partial charge on any atom is 0.153 e. The van der Waals surface area contributed by atoms with Crippen LogP contribution in [-0.2, 0) is 0 Å². The summed E-state index contributed by atoms with van der Waals surface area (Å²) >= 11 is 0. The van der Waals surface area contributed by atoms with Crippen molar-refractivity contribution >= 4 is 27.8 Å². The molecule has 25 heavy (non-hydrogen) atoms. The SMILES string of the molecule is O=Cc1cc(C#Cc2c3ccccc3cc3ccccc23)ccc1O. The van der Waals surface area contributed by atoms with Crippen LogP contribution in [-0.4, -0.2) is 11.4 Å². The van der Waals surface area contributed by atoms with Crippen LogP contribution < -0.4 is 0 Å². The Hall–Kier alpha value is -3.57. The van der Waals surface area contributed by atoms with E-state index in [1.807, 2.05) is 24.3 Å². The Kier molecular flexibility index (Phi) is 3.68. The van der Waals surface area contributed by atoms with Gasteiger partial charge in [0.2, 0.25) is 0 Å². The lowest BCUT2D eigenvalue weighted by Gasteiger charge is -2.06. The second kappa shape index (κ2) is 6.14. The number of benzene rings is 4. The number of aldehydes is 1. The number of carbonyl (C=O) groups excluding carboxylic acids is 1. The first-order valence-corrected chi connectivity index (χ1v) is 7.97. The molecule has 4 aromatic rings. The van der Waals surface area contributed by atoms with Crippen molar-refractivity contribution in [2.45, 2.75) is 0 Å². The third kappa shape index (κ3) is 2.73. The molecule has 0 aliphatic carbocycles. The lowest BCUT2D eigenvalue weighted by atomic mass is 9.97. The Morgan fingerprint density at radius 2 is 1.40 bits per heavy atom. The number of hydrogen-bond donors (Lipinski definition) is 1. The quantitative estimate of drug-likeness (QED) is 0.307. The molecule has 0 fully saturated rings. The third-order valence-corrected chi connectivity index (χ3v) is 4.26. The van der Waals surface area contributed by atoms with Crippen molar-refractivity contribution in [1.82, 2.24) is 0 Å². The third-order valence-electron chi connectivity index (χ3n) is 4.26. The van der Waals surface area contributed by atoms with Gasteiger partial charge in [0.15, 0.2) is 6.29 Å². The number of aromatic hydroxyl groups is 1. The predicted octanol–water partition coefficient (Wildman–Crippen LogP) is 4.91. The minimum atomic E-state index is -0.0313. The second-order valence-electron chi connectivity index (χ2n) is 5.84. The number of hydrogen-bond acceptors (Lipinski definition) is 2. The molecule has 2 nitrogen and oxygen atoms in total. The van der Waals surface area contributed by atoms with Crippen LogP contribution in [0, 0.1) is 11.8 Å². The van der Waals surface area contributed by atoms with Crippen molar-refractivity contribution < 1.29 is 9.90 Å². The Morgan fingerprint density at radius 1 is 0.760 bits per heavy atom. The van der Waals surface area contributed by atoms with Crippen molar-refractivity contribution in [3.05, 3.63) is 89.5 Å². The van der Waals surface area contributed by atoms with Gasteiger partial charge in [0.05, 0.1) is 5.56 Å². The monoisotopic (exact) mass is 322 g/mol. The molecule has 0 aromatic heterocycles. The summed E-state index contributed by atoms with van der Waals surface area (Å²) in [4.78, 5) is 11.0. The van der Waals surface area contributed by atoms with Gasteiger partial charge in [0, 0.05) is 11.1 Å². The highest BCUT2D eigenvalue weighted by Crippen LogP contribution is 2.28. The number of rotatable bonds is 1. The van der Waals surface area contributed by atoms with E-state index in [0.717, 1.165) is 27.1 Å². The second-order valence-corrected chi connectivity index (χ2v) is 5.84. The van der Waals surface area contributed by atoms with Crippen LogP contribution in [0.15, 0.2) is 72.8 Å². The highest BCUT2D eigenvalue weighted by molar-refractivity contribution is 6.04. The van der Waals surface area contributed by atoms with E-state index >= 15 is 0 Å². The fourth-order valence-corrected chi connectivity index (χ4v) is 3.01. The minimum absolute atomic E-state index is 0.0313. The molecule has 0 bridgehead atoms. The summed E-state index contributed by atoms with van der Waals surface area (Å²) in [6.45, 7) is 0. The molecule has 118 valence electrons. The highest BCUT2D eigenvalue weighted by Gasteiger charge is 2.05. The van der Waals surface area contributed by atoms with Crippen LogP contribution in [0.5, 0.6) is 5.75 Å². The summed E-state index contributed by atoms with van der Waals surface area (Å²) in [6, 6.07) is 23.3.